The lowest BCUT2D eigenvalue weighted by molar-refractivity contribution is 0.864. The predicted octanol–water partition coefficient (Wildman–Crippen LogP) is 8.81. The third-order valence-corrected chi connectivity index (χ3v) is 9.18. The first-order valence-corrected chi connectivity index (χ1v) is 12.2. The van der Waals surface area contributed by atoms with Gasteiger partial charge in [-0.15, -0.1) is 11.3 Å². The van der Waals surface area contributed by atoms with Gasteiger partial charge >= 0.3 is 0 Å². The van der Waals surface area contributed by atoms with Crippen LogP contribution in [0.1, 0.15) is 52.0 Å². The molecule has 148 valence electrons. The van der Waals surface area contributed by atoms with Gasteiger partial charge in [-0.25, -0.2) is 0 Å². The van der Waals surface area contributed by atoms with E-state index in [1.54, 1.807) is 5.57 Å². The summed E-state index contributed by atoms with van der Waals surface area (Å²) in [6.45, 7) is 6.83. The van der Waals surface area contributed by atoms with Crippen LogP contribution in [0.5, 0.6) is 0 Å². The third-order valence-electron chi connectivity index (χ3n) is 7.15. The summed E-state index contributed by atoms with van der Waals surface area (Å²) < 4.78 is 2.73. The minimum atomic E-state index is 0.439. The predicted molar refractivity (Wildman–Crippen MR) is 134 cm³/mol. The molecule has 1 aromatic heterocycles. The molecule has 2 heteroatoms. The highest BCUT2D eigenvalue weighted by molar-refractivity contribution is 9.10. The van der Waals surface area contributed by atoms with Gasteiger partial charge in [0.25, 0.3) is 0 Å². The highest BCUT2D eigenvalue weighted by Gasteiger charge is 2.32. The lowest BCUT2D eigenvalue weighted by Crippen LogP contribution is -1.99. The van der Waals surface area contributed by atoms with Crippen molar-refractivity contribution >= 4 is 42.9 Å². The number of aryl methyl sites for hydroxylation is 2. The molecule has 0 aliphatic heterocycles. The molecule has 0 spiro atoms. The van der Waals surface area contributed by atoms with E-state index in [0.29, 0.717) is 5.92 Å². The van der Waals surface area contributed by atoms with E-state index in [2.05, 4.69) is 91.3 Å². The smallest absolute Gasteiger partial charge is 0.0365 e. The summed E-state index contributed by atoms with van der Waals surface area (Å²) in [4.78, 5) is 1.43. The van der Waals surface area contributed by atoms with Crippen molar-refractivity contribution in [2.45, 2.75) is 39.5 Å². The Morgan fingerprint density at radius 1 is 0.900 bits per heavy atom. The first-order chi connectivity index (χ1) is 14.5. The van der Waals surface area contributed by atoms with Crippen molar-refractivity contribution < 1.29 is 0 Å². The van der Waals surface area contributed by atoms with Crippen LogP contribution < -0.4 is 0 Å². The van der Waals surface area contributed by atoms with Crippen molar-refractivity contribution in [3.63, 3.8) is 0 Å². The normalized spacial score (nSPS) is 15.1. The number of halogens is 1. The number of benzene rings is 3. The molecular formula is C28H23BrS. The second-order valence-corrected chi connectivity index (χ2v) is 10.8. The Morgan fingerprint density at radius 2 is 1.53 bits per heavy atom. The van der Waals surface area contributed by atoms with Crippen molar-refractivity contribution in [1.82, 2.24) is 0 Å². The van der Waals surface area contributed by atoms with Crippen LogP contribution in [-0.2, 0) is 6.42 Å². The average Bonchev–Trinajstić information content (AvgIpc) is 3.34. The lowest BCUT2D eigenvalue weighted by atomic mass is 9.87. The Kier molecular flexibility index (Phi) is 4.13. The van der Waals surface area contributed by atoms with Gasteiger partial charge < -0.3 is 0 Å². The summed E-state index contributed by atoms with van der Waals surface area (Å²) in [6.07, 6.45) is 2.14. The summed E-state index contributed by atoms with van der Waals surface area (Å²) in [7, 11) is 0. The molecule has 2 aliphatic rings. The third kappa shape index (κ3) is 2.50. The van der Waals surface area contributed by atoms with Crippen molar-refractivity contribution in [1.29, 1.82) is 0 Å². The van der Waals surface area contributed by atoms with Crippen molar-refractivity contribution in [3.8, 4) is 11.1 Å². The van der Waals surface area contributed by atoms with Gasteiger partial charge in [0.15, 0.2) is 0 Å². The fraction of sp³-hybridized carbons (Fsp3) is 0.214. The van der Waals surface area contributed by atoms with Gasteiger partial charge in [0.2, 0.25) is 0 Å². The number of fused-ring (bicyclic) bond motifs is 5. The van der Waals surface area contributed by atoms with Gasteiger partial charge in [0, 0.05) is 25.4 Å². The Hall–Kier alpha value is -2.16. The number of hydrogen-bond acceptors (Lipinski definition) is 1. The topological polar surface area (TPSA) is 0 Å². The number of thiophene rings is 1. The number of rotatable bonds is 2. The van der Waals surface area contributed by atoms with E-state index >= 15 is 0 Å². The minimum absolute atomic E-state index is 0.439. The molecule has 0 nitrogen and oxygen atoms in total. The maximum atomic E-state index is 4.00. The fourth-order valence-electron chi connectivity index (χ4n) is 5.53. The monoisotopic (exact) mass is 470 g/mol. The van der Waals surface area contributed by atoms with Crippen LogP contribution >= 0.6 is 27.3 Å². The summed E-state index contributed by atoms with van der Waals surface area (Å²) in [5, 5.41) is 1.42. The van der Waals surface area contributed by atoms with Crippen molar-refractivity contribution in [2.24, 2.45) is 0 Å². The van der Waals surface area contributed by atoms with Crippen LogP contribution in [0, 0.1) is 13.8 Å². The quantitative estimate of drug-likeness (QED) is 0.274. The molecule has 0 atom stereocenters. The molecule has 0 bridgehead atoms. The van der Waals surface area contributed by atoms with E-state index in [1.807, 2.05) is 11.3 Å². The fourth-order valence-corrected chi connectivity index (χ4v) is 7.64. The van der Waals surface area contributed by atoms with Gasteiger partial charge in [0.1, 0.15) is 0 Å². The molecule has 1 heterocycles. The van der Waals surface area contributed by atoms with Crippen LogP contribution in [0.15, 0.2) is 64.6 Å². The molecule has 0 N–H and O–H groups in total. The SMILES string of the molecule is CC1=C(CC2c3ccccc3-c3ccccc32)c2cc3sc(C)c(C)c3c(Br)c2C1. The summed E-state index contributed by atoms with van der Waals surface area (Å²) in [6, 6.07) is 20.4. The maximum Gasteiger partial charge on any atom is 0.0365 e. The molecule has 2 aliphatic carbocycles. The largest absolute Gasteiger partial charge is 0.140 e. The van der Waals surface area contributed by atoms with Gasteiger partial charge in [-0.2, -0.15) is 0 Å². The Morgan fingerprint density at radius 3 is 2.20 bits per heavy atom. The number of allylic oxidation sites excluding steroid dienone is 2. The van der Waals surface area contributed by atoms with Crippen molar-refractivity contribution in [3.05, 3.63) is 97.3 Å². The van der Waals surface area contributed by atoms with Crippen LogP contribution in [0.3, 0.4) is 0 Å². The molecule has 30 heavy (non-hydrogen) atoms. The Balaban J connectivity index is 1.50. The first kappa shape index (κ1) is 18.6. The molecule has 4 aromatic rings. The zero-order valence-electron chi connectivity index (χ0n) is 17.5. The van der Waals surface area contributed by atoms with E-state index in [1.165, 1.54) is 64.0 Å². The molecule has 3 aromatic carbocycles. The Bertz CT molecular complexity index is 1340. The lowest BCUT2D eigenvalue weighted by Gasteiger charge is -2.17. The maximum absolute atomic E-state index is 4.00. The Labute approximate surface area is 190 Å². The van der Waals surface area contributed by atoms with E-state index in [4.69, 9.17) is 0 Å². The summed E-state index contributed by atoms with van der Waals surface area (Å²) >= 11 is 5.93. The van der Waals surface area contributed by atoms with Crippen LogP contribution in [0.25, 0.3) is 26.8 Å². The van der Waals surface area contributed by atoms with Crippen LogP contribution in [0.4, 0.5) is 0 Å². The van der Waals surface area contributed by atoms with Gasteiger partial charge in [0.05, 0.1) is 0 Å². The second-order valence-electron chi connectivity index (χ2n) is 8.74. The van der Waals surface area contributed by atoms with Gasteiger partial charge in [-0.1, -0.05) is 54.1 Å². The molecular weight excluding hydrogens is 448 g/mol. The van der Waals surface area contributed by atoms with Crippen LogP contribution in [-0.4, -0.2) is 0 Å². The zero-order valence-corrected chi connectivity index (χ0v) is 19.9. The zero-order chi connectivity index (χ0) is 20.6. The average molecular weight is 471 g/mol. The molecule has 0 saturated heterocycles. The summed E-state index contributed by atoms with van der Waals surface area (Å²) in [5.41, 5.74) is 13.2. The minimum Gasteiger partial charge on any atom is -0.140 e. The van der Waals surface area contributed by atoms with Crippen LogP contribution in [0.2, 0.25) is 0 Å². The van der Waals surface area contributed by atoms with E-state index < -0.39 is 0 Å². The van der Waals surface area contributed by atoms with Gasteiger partial charge in [-0.05, 0) is 100 Å². The second kappa shape index (κ2) is 6.67. The molecule has 0 radical (unpaired) electrons. The van der Waals surface area contributed by atoms with Gasteiger partial charge in [-0.3, -0.25) is 0 Å². The molecule has 0 amide bonds. The van der Waals surface area contributed by atoms with Crippen molar-refractivity contribution in [2.75, 3.05) is 0 Å². The highest BCUT2D eigenvalue weighted by Crippen LogP contribution is 2.52. The van der Waals surface area contributed by atoms with E-state index in [0.717, 1.165) is 12.8 Å². The molecule has 6 rings (SSSR count). The van der Waals surface area contributed by atoms with E-state index in [9.17, 15) is 0 Å². The number of hydrogen-bond donors (Lipinski definition) is 0. The first-order valence-electron chi connectivity index (χ1n) is 10.6. The standard InChI is InChI=1S/C28H23BrS/c1-15-12-25-24(14-26-27(28(25)29)16(2)17(3)30-26)22(15)13-23-20-10-6-4-8-18(20)19-9-5-7-11-21(19)23/h4-11,14,23H,12-13H2,1-3H3. The highest BCUT2D eigenvalue weighted by atomic mass is 79.9. The molecule has 0 saturated carbocycles. The van der Waals surface area contributed by atoms with E-state index in [-0.39, 0.29) is 0 Å². The summed E-state index contributed by atoms with van der Waals surface area (Å²) in [5.74, 6) is 0.439. The molecule has 0 unspecified atom stereocenters. The molecule has 0 fully saturated rings.